The van der Waals surface area contributed by atoms with Crippen molar-refractivity contribution < 1.29 is 13.2 Å². The minimum Gasteiger partial charge on any atom is -0.272 e. The standard InChI is InChI=1S/C17H12ClF3N4O/c1-8-6-9-10-7-22-24-13(10)16(26)25(12-5-3-2-4-11(12)18)15(9)23-14(8)17(19,20)21/h2-5,7-8H,6H2,1H3,(H,22,24). The fourth-order valence-corrected chi connectivity index (χ4v) is 3.51. The first-order valence-electron chi connectivity index (χ1n) is 7.80. The van der Waals surface area contributed by atoms with Gasteiger partial charge in [0.2, 0.25) is 0 Å². The number of aromatic nitrogens is 3. The molecule has 0 aliphatic carbocycles. The summed E-state index contributed by atoms with van der Waals surface area (Å²) >= 11 is 6.20. The number of hydrogen-bond acceptors (Lipinski definition) is 3. The second-order valence-electron chi connectivity index (χ2n) is 6.15. The lowest BCUT2D eigenvalue weighted by molar-refractivity contribution is -0.0627. The first-order valence-corrected chi connectivity index (χ1v) is 8.18. The molecule has 0 spiro atoms. The number of H-pyrrole nitrogens is 1. The minimum atomic E-state index is -4.58. The molecule has 1 N–H and O–H groups in total. The second-order valence-corrected chi connectivity index (χ2v) is 6.56. The Morgan fingerprint density at radius 3 is 2.73 bits per heavy atom. The largest absolute Gasteiger partial charge is 0.429 e. The Morgan fingerprint density at radius 2 is 2.04 bits per heavy atom. The zero-order valence-electron chi connectivity index (χ0n) is 13.4. The Bertz CT molecular complexity index is 1110. The molecule has 0 radical (unpaired) electrons. The highest BCUT2D eigenvalue weighted by Crippen LogP contribution is 2.38. The van der Waals surface area contributed by atoms with Crippen LogP contribution in [0, 0.1) is 5.92 Å². The summed E-state index contributed by atoms with van der Waals surface area (Å²) in [6.45, 7) is 1.46. The molecule has 1 atom stereocenters. The number of halogens is 4. The van der Waals surface area contributed by atoms with Gasteiger partial charge in [-0.25, -0.2) is 4.99 Å². The lowest BCUT2D eigenvalue weighted by atomic mass is 9.91. The smallest absolute Gasteiger partial charge is 0.272 e. The molecule has 0 fully saturated rings. The van der Waals surface area contributed by atoms with E-state index in [2.05, 4.69) is 15.2 Å². The average Bonchev–Trinajstić information content (AvgIpc) is 3.06. The monoisotopic (exact) mass is 380 g/mol. The maximum atomic E-state index is 13.4. The molecular formula is C17H12ClF3N4O. The van der Waals surface area contributed by atoms with Crippen LogP contribution in [0.25, 0.3) is 16.6 Å². The van der Waals surface area contributed by atoms with E-state index in [4.69, 9.17) is 11.6 Å². The van der Waals surface area contributed by atoms with Gasteiger partial charge in [-0.05, 0) is 18.6 Å². The molecule has 3 heterocycles. The number of alkyl halides is 3. The lowest BCUT2D eigenvalue weighted by Crippen LogP contribution is -2.34. The summed E-state index contributed by atoms with van der Waals surface area (Å²) < 4.78 is 41.3. The third kappa shape index (κ3) is 2.44. The fraction of sp³-hybridized carbons (Fsp3) is 0.235. The quantitative estimate of drug-likeness (QED) is 0.688. The van der Waals surface area contributed by atoms with Crippen molar-refractivity contribution in [1.29, 1.82) is 0 Å². The van der Waals surface area contributed by atoms with E-state index in [0.29, 0.717) is 10.9 Å². The fourth-order valence-electron chi connectivity index (χ4n) is 3.29. The number of aromatic amines is 1. The predicted octanol–water partition coefficient (Wildman–Crippen LogP) is 4.19. The average molecular weight is 381 g/mol. The zero-order chi connectivity index (χ0) is 18.6. The summed E-state index contributed by atoms with van der Waals surface area (Å²) in [6, 6.07) is 6.45. The molecule has 0 saturated carbocycles. The van der Waals surface area contributed by atoms with E-state index >= 15 is 0 Å². The van der Waals surface area contributed by atoms with Gasteiger partial charge in [-0.3, -0.25) is 14.5 Å². The second kappa shape index (κ2) is 5.70. The highest BCUT2D eigenvalue weighted by Gasteiger charge is 2.42. The van der Waals surface area contributed by atoms with Gasteiger partial charge in [0.25, 0.3) is 5.56 Å². The van der Waals surface area contributed by atoms with Crippen LogP contribution in [-0.2, 0) is 6.42 Å². The number of benzene rings is 1. The highest BCUT2D eigenvalue weighted by atomic mass is 35.5. The van der Waals surface area contributed by atoms with Gasteiger partial charge in [0.15, 0.2) is 0 Å². The molecule has 0 bridgehead atoms. The number of rotatable bonds is 1. The maximum Gasteiger partial charge on any atom is 0.429 e. The van der Waals surface area contributed by atoms with Crippen LogP contribution in [0.5, 0.6) is 0 Å². The van der Waals surface area contributed by atoms with Crippen molar-refractivity contribution in [2.45, 2.75) is 19.5 Å². The number of pyridine rings is 1. The van der Waals surface area contributed by atoms with E-state index in [1.165, 1.54) is 13.1 Å². The van der Waals surface area contributed by atoms with Gasteiger partial charge >= 0.3 is 6.18 Å². The first-order chi connectivity index (χ1) is 12.3. The van der Waals surface area contributed by atoms with Crippen molar-refractivity contribution in [2.75, 3.05) is 0 Å². The summed E-state index contributed by atoms with van der Waals surface area (Å²) in [4.78, 5) is 16.8. The normalized spacial score (nSPS) is 17.3. The van der Waals surface area contributed by atoms with E-state index in [-0.39, 0.29) is 28.5 Å². The molecule has 26 heavy (non-hydrogen) atoms. The van der Waals surface area contributed by atoms with Gasteiger partial charge in [0.1, 0.15) is 17.0 Å². The van der Waals surface area contributed by atoms with Gasteiger partial charge < -0.3 is 0 Å². The van der Waals surface area contributed by atoms with Crippen molar-refractivity contribution in [3.05, 3.63) is 51.4 Å². The summed E-state index contributed by atoms with van der Waals surface area (Å²) in [6.07, 6.45) is -3.05. The molecule has 1 unspecified atom stereocenters. The van der Waals surface area contributed by atoms with Crippen LogP contribution >= 0.6 is 11.6 Å². The summed E-state index contributed by atoms with van der Waals surface area (Å²) in [5.41, 5.74) is -0.445. The number of aliphatic imine (C=N–C) groups is 1. The topological polar surface area (TPSA) is 63.0 Å². The van der Waals surface area contributed by atoms with Crippen LogP contribution in [0.15, 0.2) is 40.2 Å². The number of nitrogens with one attached hydrogen (secondary N) is 1. The molecule has 9 heteroatoms. The van der Waals surface area contributed by atoms with Crippen molar-refractivity contribution in [1.82, 2.24) is 14.8 Å². The number of hydrogen-bond donors (Lipinski definition) is 1. The van der Waals surface area contributed by atoms with Gasteiger partial charge in [0, 0.05) is 16.9 Å². The Morgan fingerprint density at radius 1 is 1.31 bits per heavy atom. The zero-order valence-corrected chi connectivity index (χ0v) is 14.2. The van der Waals surface area contributed by atoms with Crippen LogP contribution in [0.1, 0.15) is 12.5 Å². The molecule has 4 rings (SSSR count). The van der Waals surface area contributed by atoms with Crippen LogP contribution in [-0.4, -0.2) is 26.7 Å². The Balaban J connectivity index is 2.15. The Labute approximate surface area is 150 Å². The molecule has 0 saturated heterocycles. The van der Waals surface area contributed by atoms with Crippen molar-refractivity contribution in [3.63, 3.8) is 0 Å². The van der Waals surface area contributed by atoms with E-state index in [9.17, 15) is 18.0 Å². The summed E-state index contributed by atoms with van der Waals surface area (Å²) in [5, 5.41) is 7.22. The third-order valence-electron chi connectivity index (χ3n) is 4.45. The van der Waals surface area contributed by atoms with Gasteiger partial charge in [-0.1, -0.05) is 30.7 Å². The number of nitrogens with zero attached hydrogens (tertiary/aromatic N) is 3. The molecule has 1 aliphatic heterocycles. The molecule has 1 aliphatic rings. The van der Waals surface area contributed by atoms with Crippen molar-refractivity contribution in [2.24, 2.45) is 10.9 Å². The van der Waals surface area contributed by atoms with E-state index in [0.717, 1.165) is 4.57 Å². The Hall–Kier alpha value is -2.61. The van der Waals surface area contributed by atoms with E-state index < -0.39 is 23.4 Å². The van der Waals surface area contributed by atoms with Crippen LogP contribution in [0.4, 0.5) is 19.0 Å². The van der Waals surface area contributed by atoms with Gasteiger partial charge in [0.05, 0.1) is 16.9 Å². The molecule has 1 aromatic carbocycles. The molecular weight excluding hydrogens is 369 g/mol. The molecule has 134 valence electrons. The SMILES string of the molecule is CC1Cc2c(n(-c3ccccc3Cl)c(=O)c3[nH]ncc23)N=C1C(F)(F)F. The molecule has 0 amide bonds. The molecule has 3 aromatic rings. The van der Waals surface area contributed by atoms with E-state index in [1.807, 2.05) is 0 Å². The summed E-state index contributed by atoms with van der Waals surface area (Å²) in [5.74, 6) is -0.889. The van der Waals surface area contributed by atoms with Crippen molar-refractivity contribution >= 4 is 34.0 Å². The molecule has 5 nitrogen and oxygen atoms in total. The maximum absolute atomic E-state index is 13.4. The number of para-hydroxylation sites is 1. The highest BCUT2D eigenvalue weighted by molar-refractivity contribution is 6.32. The molecule has 2 aromatic heterocycles. The van der Waals surface area contributed by atoms with E-state index in [1.54, 1.807) is 24.3 Å². The lowest BCUT2D eigenvalue weighted by Gasteiger charge is -2.26. The number of fused-ring (bicyclic) bond motifs is 3. The van der Waals surface area contributed by atoms with Gasteiger partial charge in [-0.2, -0.15) is 18.3 Å². The summed E-state index contributed by atoms with van der Waals surface area (Å²) in [7, 11) is 0. The van der Waals surface area contributed by atoms with Crippen LogP contribution in [0.3, 0.4) is 0 Å². The predicted molar refractivity (Wildman–Crippen MR) is 92.7 cm³/mol. The van der Waals surface area contributed by atoms with Gasteiger partial charge in [-0.15, -0.1) is 0 Å². The van der Waals surface area contributed by atoms with Crippen LogP contribution in [0.2, 0.25) is 5.02 Å². The third-order valence-corrected chi connectivity index (χ3v) is 4.77. The Kier molecular flexibility index (Phi) is 3.69. The first kappa shape index (κ1) is 16.8. The van der Waals surface area contributed by atoms with Crippen molar-refractivity contribution in [3.8, 4) is 5.69 Å². The minimum absolute atomic E-state index is 0.0533. The van der Waals surface area contributed by atoms with Crippen LogP contribution < -0.4 is 5.56 Å².